The molecule has 0 aliphatic heterocycles. The molecule has 0 saturated carbocycles. The summed E-state index contributed by atoms with van der Waals surface area (Å²) in [5.41, 5.74) is 2.25. The highest BCUT2D eigenvalue weighted by Crippen LogP contribution is 2.27. The molecule has 1 heterocycles. The molecule has 2 aromatic rings. The second-order valence-corrected chi connectivity index (χ2v) is 6.36. The number of guanidine groups is 1. The summed E-state index contributed by atoms with van der Waals surface area (Å²) in [4.78, 5) is 10.2. The lowest BCUT2D eigenvalue weighted by atomic mass is 10.2. The van der Waals surface area contributed by atoms with E-state index in [1.54, 1.807) is 18.4 Å². The van der Waals surface area contributed by atoms with Gasteiger partial charge in [0.15, 0.2) is 5.96 Å². The zero-order chi connectivity index (χ0) is 15.9. The average molecular weight is 316 g/mol. The molecule has 0 bridgehead atoms. The van der Waals surface area contributed by atoms with Gasteiger partial charge < -0.3 is 10.6 Å². The van der Waals surface area contributed by atoms with Crippen LogP contribution in [0.5, 0.6) is 0 Å². The predicted molar refractivity (Wildman–Crippen MR) is 95.4 cm³/mol. The highest BCUT2D eigenvalue weighted by molar-refractivity contribution is 7.15. The van der Waals surface area contributed by atoms with E-state index in [4.69, 9.17) is 0 Å². The minimum Gasteiger partial charge on any atom is -0.354 e. The molecule has 22 heavy (non-hydrogen) atoms. The first-order valence-corrected chi connectivity index (χ1v) is 8.44. The standard InChI is InChI=1S/C17H24N4S/c1-5-12(2)20-17(18-4)19-11-15-13(3)21-16(22-15)14-9-7-6-8-10-14/h6-10,12H,5,11H2,1-4H3,(H2,18,19,20). The summed E-state index contributed by atoms with van der Waals surface area (Å²) in [5.74, 6) is 0.836. The number of thiazole rings is 1. The fraction of sp³-hybridized carbons (Fsp3) is 0.412. The monoisotopic (exact) mass is 316 g/mol. The number of hydrogen-bond acceptors (Lipinski definition) is 3. The van der Waals surface area contributed by atoms with Crippen LogP contribution >= 0.6 is 11.3 Å². The van der Waals surface area contributed by atoms with Gasteiger partial charge in [-0.15, -0.1) is 11.3 Å². The molecule has 5 heteroatoms. The van der Waals surface area contributed by atoms with E-state index < -0.39 is 0 Å². The molecular weight excluding hydrogens is 292 g/mol. The summed E-state index contributed by atoms with van der Waals surface area (Å²) < 4.78 is 0. The largest absolute Gasteiger partial charge is 0.354 e. The Morgan fingerprint density at radius 2 is 2.05 bits per heavy atom. The SMILES string of the molecule is CCC(C)NC(=NC)NCc1sc(-c2ccccc2)nc1C. The Bertz CT molecular complexity index is 619. The van der Waals surface area contributed by atoms with Crippen LogP contribution in [-0.4, -0.2) is 24.0 Å². The van der Waals surface area contributed by atoms with Gasteiger partial charge in [0.1, 0.15) is 5.01 Å². The van der Waals surface area contributed by atoms with Crippen LogP contribution in [0.3, 0.4) is 0 Å². The Kier molecular flexibility index (Phi) is 5.95. The first-order valence-electron chi connectivity index (χ1n) is 7.63. The van der Waals surface area contributed by atoms with Crippen LogP contribution in [0.15, 0.2) is 35.3 Å². The third-order valence-electron chi connectivity index (χ3n) is 3.55. The lowest BCUT2D eigenvalue weighted by Crippen LogP contribution is -2.41. The molecule has 0 saturated heterocycles. The van der Waals surface area contributed by atoms with E-state index in [0.717, 1.165) is 29.6 Å². The molecule has 118 valence electrons. The van der Waals surface area contributed by atoms with Gasteiger partial charge in [-0.2, -0.15) is 0 Å². The van der Waals surface area contributed by atoms with Gasteiger partial charge in [-0.3, -0.25) is 4.99 Å². The topological polar surface area (TPSA) is 49.3 Å². The fourth-order valence-corrected chi connectivity index (χ4v) is 3.00. The van der Waals surface area contributed by atoms with Gasteiger partial charge in [0.05, 0.1) is 12.2 Å². The molecule has 2 N–H and O–H groups in total. The van der Waals surface area contributed by atoms with Gasteiger partial charge in [0.25, 0.3) is 0 Å². The Morgan fingerprint density at radius 1 is 1.32 bits per heavy atom. The maximum absolute atomic E-state index is 4.68. The second kappa shape index (κ2) is 7.94. The lowest BCUT2D eigenvalue weighted by Gasteiger charge is -2.16. The Morgan fingerprint density at radius 3 is 2.68 bits per heavy atom. The van der Waals surface area contributed by atoms with Gasteiger partial charge in [-0.1, -0.05) is 37.3 Å². The zero-order valence-corrected chi connectivity index (χ0v) is 14.5. The highest BCUT2D eigenvalue weighted by atomic mass is 32.1. The van der Waals surface area contributed by atoms with E-state index in [9.17, 15) is 0 Å². The Labute approximate surface area is 136 Å². The van der Waals surface area contributed by atoms with Crippen molar-refractivity contribution in [2.24, 2.45) is 4.99 Å². The van der Waals surface area contributed by atoms with Crippen molar-refractivity contribution in [3.63, 3.8) is 0 Å². The molecular formula is C17H24N4S. The number of nitrogens with one attached hydrogen (secondary N) is 2. The van der Waals surface area contributed by atoms with Crippen LogP contribution in [0.4, 0.5) is 0 Å². The highest BCUT2D eigenvalue weighted by Gasteiger charge is 2.10. The maximum atomic E-state index is 4.68. The first-order chi connectivity index (χ1) is 10.6. The Hall–Kier alpha value is -1.88. The molecule has 0 radical (unpaired) electrons. The zero-order valence-electron chi connectivity index (χ0n) is 13.7. The number of hydrogen-bond donors (Lipinski definition) is 2. The van der Waals surface area contributed by atoms with Crippen molar-refractivity contribution < 1.29 is 0 Å². The molecule has 0 fully saturated rings. The summed E-state index contributed by atoms with van der Waals surface area (Å²) in [7, 11) is 1.80. The van der Waals surface area contributed by atoms with Crippen LogP contribution in [0, 0.1) is 6.92 Å². The van der Waals surface area contributed by atoms with Crippen molar-refractivity contribution in [1.82, 2.24) is 15.6 Å². The van der Waals surface area contributed by atoms with Crippen molar-refractivity contribution in [1.29, 1.82) is 0 Å². The number of aliphatic imine (C=N–C) groups is 1. The average Bonchev–Trinajstić information content (AvgIpc) is 2.93. The number of nitrogens with zero attached hydrogens (tertiary/aromatic N) is 2. The Balaban J connectivity index is 2.03. The van der Waals surface area contributed by atoms with Crippen LogP contribution in [-0.2, 0) is 6.54 Å². The summed E-state index contributed by atoms with van der Waals surface area (Å²) in [6, 6.07) is 10.7. The van der Waals surface area contributed by atoms with E-state index >= 15 is 0 Å². The number of rotatable bonds is 5. The second-order valence-electron chi connectivity index (χ2n) is 5.27. The van der Waals surface area contributed by atoms with Gasteiger partial charge >= 0.3 is 0 Å². The third kappa shape index (κ3) is 4.31. The minimum absolute atomic E-state index is 0.411. The van der Waals surface area contributed by atoms with Crippen molar-refractivity contribution in [3.05, 3.63) is 40.9 Å². The number of aromatic nitrogens is 1. The molecule has 0 amide bonds. The molecule has 1 unspecified atom stereocenters. The van der Waals surface area contributed by atoms with Gasteiger partial charge in [0, 0.05) is 23.5 Å². The summed E-state index contributed by atoms with van der Waals surface area (Å²) in [6.07, 6.45) is 1.07. The normalized spacial score (nSPS) is 13.0. The smallest absolute Gasteiger partial charge is 0.191 e. The minimum atomic E-state index is 0.411. The lowest BCUT2D eigenvalue weighted by molar-refractivity contribution is 0.624. The fourth-order valence-electron chi connectivity index (χ4n) is 1.99. The molecule has 0 aliphatic carbocycles. The first kappa shape index (κ1) is 16.5. The predicted octanol–water partition coefficient (Wildman–Crippen LogP) is 3.58. The molecule has 2 rings (SSSR count). The molecule has 0 aliphatic rings. The van der Waals surface area contributed by atoms with Gasteiger partial charge in [-0.25, -0.2) is 4.98 Å². The number of benzene rings is 1. The molecule has 1 atom stereocenters. The van der Waals surface area contributed by atoms with Crippen molar-refractivity contribution in [2.45, 2.75) is 39.8 Å². The van der Waals surface area contributed by atoms with Crippen LogP contribution in [0.2, 0.25) is 0 Å². The third-order valence-corrected chi connectivity index (χ3v) is 4.76. The van der Waals surface area contributed by atoms with Gasteiger partial charge in [0.2, 0.25) is 0 Å². The van der Waals surface area contributed by atoms with Crippen LogP contribution < -0.4 is 10.6 Å². The van der Waals surface area contributed by atoms with Crippen LogP contribution in [0.25, 0.3) is 10.6 Å². The van der Waals surface area contributed by atoms with Gasteiger partial charge in [-0.05, 0) is 20.3 Å². The quantitative estimate of drug-likeness (QED) is 0.655. The molecule has 1 aromatic heterocycles. The summed E-state index contributed by atoms with van der Waals surface area (Å²) >= 11 is 1.73. The van der Waals surface area contributed by atoms with Crippen molar-refractivity contribution in [2.75, 3.05) is 7.05 Å². The summed E-state index contributed by atoms with van der Waals surface area (Å²) in [6.45, 7) is 7.11. The van der Waals surface area contributed by atoms with E-state index in [0.29, 0.717) is 6.04 Å². The van der Waals surface area contributed by atoms with E-state index in [1.807, 2.05) is 18.2 Å². The maximum Gasteiger partial charge on any atom is 0.191 e. The number of aryl methyl sites for hydroxylation is 1. The van der Waals surface area contributed by atoms with Crippen molar-refractivity contribution in [3.8, 4) is 10.6 Å². The van der Waals surface area contributed by atoms with E-state index in [-0.39, 0.29) is 0 Å². The van der Waals surface area contributed by atoms with Crippen LogP contribution in [0.1, 0.15) is 30.8 Å². The molecule has 1 aromatic carbocycles. The van der Waals surface area contributed by atoms with E-state index in [2.05, 4.69) is 53.5 Å². The van der Waals surface area contributed by atoms with E-state index in [1.165, 1.54) is 10.4 Å². The molecule has 0 spiro atoms. The van der Waals surface area contributed by atoms with Crippen molar-refractivity contribution >= 4 is 17.3 Å². The summed E-state index contributed by atoms with van der Waals surface area (Å²) in [5, 5.41) is 7.80. The molecule has 4 nitrogen and oxygen atoms in total.